The van der Waals surface area contributed by atoms with Crippen LogP contribution in [0.3, 0.4) is 0 Å². The predicted octanol–water partition coefficient (Wildman–Crippen LogP) is 4.62. The van der Waals surface area contributed by atoms with Crippen LogP contribution in [0.25, 0.3) is 16.3 Å². The molecule has 0 spiro atoms. The van der Waals surface area contributed by atoms with Crippen LogP contribution >= 0.6 is 22.9 Å². The van der Waals surface area contributed by atoms with E-state index in [2.05, 4.69) is 4.90 Å². The van der Waals surface area contributed by atoms with E-state index in [9.17, 15) is 4.79 Å². The van der Waals surface area contributed by atoms with Gasteiger partial charge in [0.05, 0.1) is 10.2 Å². The van der Waals surface area contributed by atoms with Crippen LogP contribution in [0.1, 0.15) is 11.1 Å². The van der Waals surface area contributed by atoms with Crippen molar-refractivity contribution in [2.45, 2.75) is 6.92 Å². The Hall–Kier alpha value is -2.37. The Bertz CT molecular complexity index is 991. The van der Waals surface area contributed by atoms with E-state index in [0.29, 0.717) is 13.1 Å². The molecule has 1 aliphatic heterocycles. The summed E-state index contributed by atoms with van der Waals surface area (Å²) in [5, 5.41) is 1.75. The Kier molecular flexibility index (Phi) is 5.14. The third-order valence-electron chi connectivity index (χ3n) is 4.82. The lowest BCUT2D eigenvalue weighted by Crippen LogP contribution is -2.48. The summed E-state index contributed by atoms with van der Waals surface area (Å²) in [6.07, 6.45) is 3.53. The van der Waals surface area contributed by atoms with Gasteiger partial charge >= 0.3 is 0 Å². The first kappa shape index (κ1) is 18.0. The fourth-order valence-corrected chi connectivity index (χ4v) is 4.41. The second-order valence-corrected chi connectivity index (χ2v) is 7.99. The highest BCUT2D eigenvalue weighted by Gasteiger charge is 2.22. The molecule has 0 unspecified atom stereocenters. The van der Waals surface area contributed by atoms with Crippen molar-refractivity contribution >= 4 is 50.3 Å². The van der Waals surface area contributed by atoms with E-state index >= 15 is 0 Å². The zero-order chi connectivity index (χ0) is 18.8. The molecule has 0 saturated carbocycles. The standard InChI is InChI=1S/C21H20ClN3OS/c1-15-17(22)8-9-18-20(15)23-21(27-18)25-13-11-24(12-14-25)19(26)10-7-16-5-3-2-4-6-16/h2-10H,11-14H2,1H3/b10-7+. The van der Waals surface area contributed by atoms with Gasteiger partial charge in [-0.2, -0.15) is 0 Å². The van der Waals surface area contributed by atoms with Crippen molar-refractivity contribution in [3.8, 4) is 0 Å². The predicted molar refractivity (Wildman–Crippen MR) is 114 cm³/mol. The quantitative estimate of drug-likeness (QED) is 0.605. The van der Waals surface area contributed by atoms with Crippen LogP contribution < -0.4 is 4.90 Å². The molecular formula is C21H20ClN3OS. The van der Waals surface area contributed by atoms with Gasteiger partial charge in [0, 0.05) is 37.3 Å². The zero-order valence-electron chi connectivity index (χ0n) is 15.1. The molecule has 1 fully saturated rings. The summed E-state index contributed by atoms with van der Waals surface area (Å²) in [5.74, 6) is 0.0606. The Balaban J connectivity index is 1.41. The molecule has 138 valence electrons. The zero-order valence-corrected chi connectivity index (χ0v) is 16.6. The first-order valence-corrected chi connectivity index (χ1v) is 10.1. The molecule has 27 heavy (non-hydrogen) atoms. The smallest absolute Gasteiger partial charge is 0.246 e. The van der Waals surface area contributed by atoms with Crippen molar-refractivity contribution in [2.24, 2.45) is 0 Å². The molecule has 0 atom stereocenters. The monoisotopic (exact) mass is 397 g/mol. The Morgan fingerprint density at radius 2 is 1.85 bits per heavy atom. The van der Waals surface area contributed by atoms with E-state index in [1.165, 1.54) is 0 Å². The van der Waals surface area contributed by atoms with Crippen molar-refractivity contribution in [2.75, 3.05) is 31.1 Å². The van der Waals surface area contributed by atoms with Gasteiger partial charge in [-0.25, -0.2) is 4.98 Å². The van der Waals surface area contributed by atoms with Crippen molar-refractivity contribution in [1.29, 1.82) is 0 Å². The van der Waals surface area contributed by atoms with Crippen LogP contribution in [0.5, 0.6) is 0 Å². The summed E-state index contributed by atoms with van der Waals surface area (Å²) in [4.78, 5) is 21.4. The number of aryl methyl sites for hydroxylation is 1. The van der Waals surface area contributed by atoms with Crippen LogP contribution in [0.15, 0.2) is 48.5 Å². The summed E-state index contributed by atoms with van der Waals surface area (Å²) in [6, 6.07) is 13.8. The lowest BCUT2D eigenvalue weighted by atomic mass is 10.2. The minimum Gasteiger partial charge on any atom is -0.345 e. The van der Waals surface area contributed by atoms with E-state index in [1.807, 2.05) is 60.4 Å². The van der Waals surface area contributed by atoms with Gasteiger partial charge < -0.3 is 9.80 Å². The Morgan fingerprint density at radius 1 is 1.11 bits per heavy atom. The van der Waals surface area contributed by atoms with Gasteiger partial charge in [-0.05, 0) is 36.3 Å². The average Bonchev–Trinajstić information content (AvgIpc) is 3.15. The maximum Gasteiger partial charge on any atom is 0.246 e. The fraction of sp³-hybridized carbons (Fsp3) is 0.238. The van der Waals surface area contributed by atoms with E-state index in [0.717, 1.165) is 44.6 Å². The van der Waals surface area contributed by atoms with Gasteiger partial charge in [0.2, 0.25) is 5.91 Å². The molecule has 1 amide bonds. The molecule has 1 aliphatic rings. The summed E-state index contributed by atoms with van der Waals surface area (Å²) in [5.41, 5.74) is 3.04. The molecule has 1 saturated heterocycles. The number of hydrogen-bond acceptors (Lipinski definition) is 4. The number of carbonyl (C=O) groups excluding carboxylic acids is 1. The highest BCUT2D eigenvalue weighted by Crippen LogP contribution is 2.33. The summed E-state index contributed by atoms with van der Waals surface area (Å²) >= 11 is 7.89. The number of aromatic nitrogens is 1. The van der Waals surface area contributed by atoms with Crippen molar-refractivity contribution < 1.29 is 4.79 Å². The number of thiazole rings is 1. The fourth-order valence-electron chi connectivity index (χ4n) is 3.18. The molecule has 0 N–H and O–H groups in total. The number of piperazine rings is 1. The number of benzene rings is 2. The molecule has 0 bridgehead atoms. The number of hydrogen-bond donors (Lipinski definition) is 0. The molecule has 2 heterocycles. The topological polar surface area (TPSA) is 36.4 Å². The molecule has 6 heteroatoms. The van der Waals surface area contributed by atoms with E-state index < -0.39 is 0 Å². The first-order chi connectivity index (χ1) is 13.1. The molecule has 0 aliphatic carbocycles. The highest BCUT2D eigenvalue weighted by molar-refractivity contribution is 7.22. The number of amides is 1. The summed E-state index contributed by atoms with van der Waals surface area (Å²) < 4.78 is 1.15. The van der Waals surface area contributed by atoms with Crippen LogP contribution in [0.4, 0.5) is 5.13 Å². The summed E-state index contributed by atoms with van der Waals surface area (Å²) in [6.45, 7) is 4.99. The third-order valence-corrected chi connectivity index (χ3v) is 6.31. The van der Waals surface area contributed by atoms with Gasteiger partial charge in [0.1, 0.15) is 0 Å². The minimum atomic E-state index is 0.0606. The Morgan fingerprint density at radius 3 is 2.59 bits per heavy atom. The van der Waals surface area contributed by atoms with E-state index in [1.54, 1.807) is 17.4 Å². The second kappa shape index (κ2) is 7.71. The van der Waals surface area contributed by atoms with Crippen LogP contribution in [0, 0.1) is 6.92 Å². The van der Waals surface area contributed by atoms with Crippen molar-refractivity contribution in [1.82, 2.24) is 9.88 Å². The highest BCUT2D eigenvalue weighted by atomic mass is 35.5. The lowest BCUT2D eigenvalue weighted by Gasteiger charge is -2.34. The van der Waals surface area contributed by atoms with Gasteiger partial charge in [-0.3, -0.25) is 4.79 Å². The third kappa shape index (κ3) is 3.84. The molecule has 1 aromatic heterocycles. The van der Waals surface area contributed by atoms with Gasteiger partial charge in [0.25, 0.3) is 0 Å². The number of nitrogens with zero attached hydrogens (tertiary/aromatic N) is 3. The number of halogens is 1. The normalized spacial score (nSPS) is 15.0. The molecule has 2 aromatic carbocycles. The van der Waals surface area contributed by atoms with Crippen molar-refractivity contribution in [3.63, 3.8) is 0 Å². The molecule has 0 radical (unpaired) electrons. The maximum absolute atomic E-state index is 12.4. The average molecular weight is 398 g/mol. The van der Waals surface area contributed by atoms with Crippen LogP contribution in [-0.4, -0.2) is 42.0 Å². The van der Waals surface area contributed by atoms with Gasteiger partial charge in [0.15, 0.2) is 5.13 Å². The van der Waals surface area contributed by atoms with E-state index in [-0.39, 0.29) is 5.91 Å². The van der Waals surface area contributed by atoms with Gasteiger partial charge in [-0.1, -0.05) is 53.3 Å². The molecule has 4 rings (SSSR count). The molecule has 3 aromatic rings. The second-order valence-electron chi connectivity index (χ2n) is 6.57. The summed E-state index contributed by atoms with van der Waals surface area (Å²) in [7, 11) is 0. The Labute approximate surface area is 167 Å². The lowest BCUT2D eigenvalue weighted by molar-refractivity contribution is -0.126. The molecular weight excluding hydrogens is 378 g/mol. The van der Waals surface area contributed by atoms with Crippen molar-refractivity contribution in [3.05, 3.63) is 64.7 Å². The number of fused-ring (bicyclic) bond motifs is 1. The largest absolute Gasteiger partial charge is 0.345 e. The van der Waals surface area contributed by atoms with Crippen LogP contribution in [0.2, 0.25) is 5.02 Å². The maximum atomic E-state index is 12.4. The SMILES string of the molecule is Cc1c(Cl)ccc2sc(N3CCN(C(=O)/C=C/c4ccccc4)CC3)nc12. The minimum absolute atomic E-state index is 0.0606. The van der Waals surface area contributed by atoms with Crippen LogP contribution in [-0.2, 0) is 4.79 Å². The van der Waals surface area contributed by atoms with Gasteiger partial charge in [-0.15, -0.1) is 0 Å². The first-order valence-electron chi connectivity index (χ1n) is 8.94. The number of carbonyl (C=O) groups is 1. The van der Waals surface area contributed by atoms with E-state index in [4.69, 9.17) is 16.6 Å². The number of rotatable bonds is 3. The molecule has 4 nitrogen and oxygen atoms in total. The number of anilines is 1.